The lowest BCUT2D eigenvalue weighted by Crippen LogP contribution is -2.54. The van der Waals surface area contributed by atoms with Crippen molar-refractivity contribution < 1.29 is 36.0 Å². The predicted molar refractivity (Wildman–Crippen MR) is 83.2 cm³/mol. The molecule has 3 heterocycles. The first-order chi connectivity index (χ1) is 13.0. The molecule has 2 fully saturated rings. The summed E-state index contributed by atoms with van der Waals surface area (Å²) in [7, 11) is 0. The summed E-state index contributed by atoms with van der Waals surface area (Å²) in [5.41, 5.74) is -3.05. The molecule has 1 saturated heterocycles. The van der Waals surface area contributed by atoms with E-state index in [0.29, 0.717) is 25.3 Å². The first kappa shape index (κ1) is 18.8. The smallest absolute Gasteiger partial charge is 0.384 e. The molecule has 1 aromatic rings. The Bertz CT molecular complexity index is 805. The van der Waals surface area contributed by atoms with Crippen molar-refractivity contribution in [1.29, 1.82) is 0 Å². The molecule has 1 saturated carbocycles. The van der Waals surface area contributed by atoms with E-state index in [9.17, 15) is 31.1 Å². The van der Waals surface area contributed by atoms with E-state index in [-0.39, 0.29) is 30.5 Å². The number of pyridine rings is 1. The minimum atomic E-state index is -5.04. The first-order valence-corrected chi connectivity index (χ1v) is 8.48. The molecule has 0 radical (unpaired) electrons. The lowest BCUT2D eigenvalue weighted by Gasteiger charge is -2.37. The van der Waals surface area contributed by atoms with Crippen molar-refractivity contribution in [3.63, 3.8) is 0 Å². The van der Waals surface area contributed by atoms with Crippen LogP contribution in [0.4, 0.5) is 32.2 Å². The van der Waals surface area contributed by atoms with E-state index < -0.39 is 41.4 Å². The van der Waals surface area contributed by atoms with Gasteiger partial charge in [0, 0.05) is 6.04 Å². The minimum Gasteiger partial charge on any atom is -0.384 e. The molecule has 0 aromatic carbocycles. The summed E-state index contributed by atoms with van der Waals surface area (Å²) in [5.74, 6) is -0.935. The van der Waals surface area contributed by atoms with Crippen molar-refractivity contribution in [2.75, 3.05) is 11.5 Å². The second kappa shape index (κ2) is 6.24. The predicted octanol–water partition coefficient (Wildman–Crippen LogP) is 2.94. The summed E-state index contributed by atoms with van der Waals surface area (Å²) in [6, 6.07) is -0.404. The Morgan fingerprint density at radius 2 is 1.86 bits per heavy atom. The van der Waals surface area contributed by atoms with Crippen LogP contribution in [0.2, 0.25) is 0 Å². The number of alkyl halides is 6. The van der Waals surface area contributed by atoms with Crippen LogP contribution in [0.25, 0.3) is 0 Å². The number of oxime groups is 1. The molecule has 2 aliphatic heterocycles. The lowest BCUT2D eigenvalue weighted by atomic mass is 9.97. The van der Waals surface area contributed by atoms with Crippen molar-refractivity contribution in [1.82, 2.24) is 10.3 Å². The number of fused-ring (bicyclic) bond motifs is 2. The van der Waals surface area contributed by atoms with Crippen LogP contribution >= 0.6 is 0 Å². The van der Waals surface area contributed by atoms with Crippen molar-refractivity contribution in [2.45, 2.75) is 43.7 Å². The zero-order chi connectivity index (χ0) is 20.3. The SMILES string of the molecule is O=C1CON=C([C@@H]2[C@H]3CC[C@H](C3)N2c2cc(C(F)(F)F)cc(C(F)(F)F)n2)N1. The van der Waals surface area contributed by atoms with Crippen molar-refractivity contribution in [3.05, 3.63) is 23.4 Å². The number of anilines is 1. The Balaban J connectivity index is 1.80. The van der Waals surface area contributed by atoms with E-state index in [1.807, 2.05) is 0 Å². The topological polar surface area (TPSA) is 66.8 Å². The molecule has 3 atom stereocenters. The van der Waals surface area contributed by atoms with Crippen molar-refractivity contribution >= 4 is 17.6 Å². The van der Waals surface area contributed by atoms with Gasteiger partial charge in [-0.15, -0.1) is 0 Å². The monoisotopic (exact) mass is 408 g/mol. The van der Waals surface area contributed by atoms with E-state index in [1.54, 1.807) is 0 Å². The molecule has 2 bridgehead atoms. The van der Waals surface area contributed by atoms with E-state index in [0.717, 1.165) is 0 Å². The third-order valence-corrected chi connectivity index (χ3v) is 5.19. The molecule has 1 N–H and O–H groups in total. The van der Waals surface area contributed by atoms with E-state index >= 15 is 0 Å². The van der Waals surface area contributed by atoms with E-state index in [2.05, 4.69) is 15.5 Å². The molecular weight excluding hydrogens is 394 g/mol. The molecule has 6 nitrogen and oxygen atoms in total. The van der Waals surface area contributed by atoms with Gasteiger partial charge in [0.15, 0.2) is 12.4 Å². The molecule has 0 unspecified atom stereocenters. The van der Waals surface area contributed by atoms with Gasteiger partial charge in [-0.3, -0.25) is 4.79 Å². The van der Waals surface area contributed by atoms with Crippen molar-refractivity contribution in [2.24, 2.45) is 11.1 Å². The Hall–Kier alpha value is -2.53. The highest BCUT2D eigenvalue weighted by molar-refractivity contribution is 6.04. The Kier molecular flexibility index (Phi) is 4.19. The first-order valence-electron chi connectivity index (χ1n) is 8.48. The van der Waals surface area contributed by atoms with Gasteiger partial charge in [0.2, 0.25) is 0 Å². The molecule has 1 amide bonds. The summed E-state index contributed by atoms with van der Waals surface area (Å²) in [5, 5.41) is 6.27. The van der Waals surface area contributed by atoms with Crippen LogP contribution in [-0.2, 0) is 22.0 Å². The van der Waals surface area contributed by atoms with Crippen LogP contribution in [0.5, 0.6) is 0 Å². The molecule has 4 rings (SSSR count). The minimum absolute atomic E-state index is 0.00412. The molecule has 3 aliphatic rings. The number of halogens is 6. The highest BCUT2D eigenvalue weighted by atomic mass is 19.4. The summed E-state index contributed by atoms with van der Waals surface area (Å²) in [6.45, 7) is -0.301. The number of nitrogens with one attached hydrogen (secondary N) is 1. The third-order valence-electron chi connectivity index (χ3n) is 5.19. The fourth-order valence-electron chi connectivity index (χ4n) is 4.12. The summed E-state index contributed by atoms with van der Waals surface area (Å²) < 4.78 is 79.1. The van der Waals surface area contributed by atoms with Gasteiger partial charge in [-0.05, 0) is 37.3 Å². The van der Waals surface area contributed by atoms with Gasteiger partial charge in [0.25, 0.3) is 5.91 Å². The zero-order valence-electron chi connectivity index (χ0n) is 14.1. The molecule has 1 aromatic heterocycles. The molecule has 1 aliphatic carbocycles. The number of hydrogen-bond acceptors (Lipinski definition) is 5. The van der Waals surface area contributed by atoms with Gasteiger partial charge in [-0.1, -0.05) is 5.16 Å². The number of amides is 1. The number of aromatic nitrogens is 1. The van der Waals surface area contributed by atoms with Crippen LogP contribution in [0.1, 0.15) is 30.5 Å². The van der Waals surface area contributed by atoms with Crippen LogP contribution in [0.15, 0.2) is 17.3 Å². The Morgan fingerprint density at radius 1 is 1.11 bits per heavy atom. The largest absolute Gasteiger partial charge is 0.433 e. The highest BCUT2D eigenvalue weighted by Crippen LogP contribution is 2.46. The fourth-order valence-corrected chi connectivity index (χ4v) is 4.12. The maximum absolute atomic E-state index is 13.2. The van der Waals surface area contributed by atoms with Crippen molar-refractivity contribution in [3.8, 4) is 0 Å². The van der Waals surface area contributed by atoms with Crippen LogP contribution in [0.3, 0.4) is 0 Å². The van der Waals surface area contributed by atoms with Gasteiger partial charge in [-0.2, -0.15) is 26.3 Å². The quantitative estimate of drug-likeness (QED) is 0.765. The highest BCUT2D eigenvalue weighted by Gasteiger charge is 2.51. The maximum Gasteiger partial charge on any atom is 0.433 e. The van der Waals surface area contributed by atoms with Gasteiger partial charge >= 0.3 is 12.4 Å². The average Bonchev–Trinajstić information content (AvgIpc) is 3.21. The maximum atomic E-state index is 13.2. The van der Waals surface area contributed by atoms with Gasteiger partial charge in [-0.25, -0.2) is 4.98 Å². The van der Waals surface area contributed by atoms with Crippen LogP contribution in [0, 0.1) is 5.92 Å². The number of carbonyl (C=O) groups excluding carboxylic acids is 1. The second-order valence-electron chi connectivity index (χ2n) is 6.97. The van der Waals surface area contributed by atoms with Gasteiger partial charge in [0.05, 0.1) is 11.6 Å². The average molecular weight is 408 g/mol. The fraction of sp³-hybridized carbons (Fsp3) is 0.562. The molecular formula is C16H14F6N4O2. The van der Waals surface area contributed by atoms with E-state index in [4.69, 9.17) is 4.84 Å². The van der Waals surface area contributed by atoms with E-state index in [1.165, 1.54) is 4.90 Å². The molecule has 152 valence electrons. The van der Waals surface area contributed by atoms with Crippen LogP contribution < -0.4 is 10.2 Å². The molecule has 12 heteroatoms. The Labute approximate surface area is 154 Å². The number of piperidine rings is 1. The van der Waals surface area contributed by atoms with Gasteiger partial charge in [0.1, 0.15) is 11.5 Å². The van der Waals surface area contributed by atoms with Crippen LogP contribution in [-0.4, -0.2) is 35.4 Å². The summed E-state index contributed by atoms with van der Waals surface area (Å²) in [4.78, 5) is 21.3. The number of rotatable bonds is 2. The zero-order valence-corrected chi connectivity index (χ0v) is 14.1. The lowest BCUT2D eigenvalue weighted by molar-refractivity contribution is -0.145. The van der Waals surface area contributed by atoms with Gasteiger partial charge < -0.3 is 15.1 Å². The molecule has 0 spiro atoms. The number of amidine groups is 1. The number of nitrogens with zero attached hydrogens (tertiary/aromatic N) is 3. The molecule has 28 heavy (non-hydrogen) atoms. The third kappa shape index (κ3) is 3.24. The number of hydrogen-bond donors (Lipinski definition) is 1. The Morgan fingerprint density at radius 3 is 2.50 bits per heavy atom. The number of carbonyl (C=O) groups is 1. The standard InChI is InChI=1S/C16H14F6N4O2/c17-15(18,19)8-4-10(16(20,21)22)23-11(5-8)26-9-2-1-7(3-9)13(26)14-24-12(27)6-28-25-14/h4-5,7,9,13H,1-3,6H2,(H,24,25,27)/t7-,9+,13-/m0/s1. The second-order valence-corrected chi connectivity index (χ2v) is 6.97. The summed E-state index contributed by atoms with van der Waals surface area (Å²) in [6.07, 6.45) is -8.14. The summed E-state index contributed by atoms with van der Waals surface area (Å²) >= 11 is 0. The normalized spacial score (nSPS) is 27.5.